The Morgan fingerprint density at radius 2 is 2.20 bits per heavy atom. The molecule has 1 aliphatic rings. The van der Waals surface area contributed by atoms with Crippen LogP contribution in [0.5, 0.6) is 0 Å². The number of anilines is 2. The summed E-state index contributed by atoms with van der Waals surface area (Å²) in [5, 5.41) is 9.41. The summed E-state index contributed by atoms with van der Waals surface area (Å²) < 4.78 is 14.0. The minimum atomic E-state index is -0.258. The second-order valence-electron chi connectivity index (χ2n) is 6.46. The number of benzene rings is 1. The van der Waals surface area contributed by atoms with Crippen molar-refractivity contribution in [2.45, 2.75) is 19.4 Å². The van der Waals surface area contributed by atoms with E-state index in [0.717, 1.165) is 47.6 Å². The van der Waals surface area contributed by atoms with E-state index in [9.17, 15) is 9.50 Å². The third-order valence-electron chi connectivity index (χ3n) is 4.55. The van der Waals surface area contributed by atoms with Crippen LogP contribution in [0, 0.1) is 11.7 Å². The highest BCUT2D eigenvalue weighted by Crippen LogP contribution is 2.25. The van der Waals surface area contributed by atoms with Crippen LogP contribution in [0.2, 0.25) is 0 Å². The van der Waals surface area contributed by atoms with Crippen LogP contribution >= 0.6 is 15.9 Å². The number of halogens is 2. The fraction of sp³-hybridized carbons (Fsp3) is 0.444. The summed E-state index contributed by atoms with van der Waals surface area (Å²) in [6.45, 7) is 2.59. The van der Waals surface area contributed by atoms with Gasteiger partial charge < -0.3 is 14.9 Å². The van der Waals surface area contributed by atoms with Gasteiger partial charge in [-0.3, -0.25) is 0 Å². The van der Waals surface area contributed by atoms with Crippen molar-refractivity contribution in [3.8, 4) is 0 Å². The molecule has 1 aromatic heterocycles. The number of aliphatic hydroxyl groups excluding tert-OH is 1. The highest BCUT2D eigenvalue weighted by atomic mass is 79.9. The van der Waals surface area contributed by atoms with Crippen molar-refractivity contribution in [2.75, 3.05) is 36.5 Å². The lowest BCUT2D eigenvalue weighted by molar-refractivity contribution is 0.208. The molecular formula is C18H22BrFN4O. The van der Waals surface area contributed by atoms with Crippen LogP contribution in [0.15, 0.2) is 35.1 Å². The predicted molar refractivity (Wildman–Crippen MR) is 100 cm³/mol. The summed E-state index contributed by atoms with van der Waals surface area (Å²) in [6.07, 6.45) is 3.69. The van der Waals surface area contributed by atoms with Crippen molar-refractivity contribution < 1.29 is 9.50 Å². The van der Waals surface area contributed by atoms with Crippen LogP contribution in [0.4, 0.5) is 16.0 Å². The molecule has 0 aliphatic carbocycles. The SMILES string of the molecule is CN(Cc1ccc(F)cc1Br)c1cc(N2CCCC(CO)C2)ncn1. The molecule has 7 heteroatoms. The quantitative estimate of drug-likeness (QED) is 0.822. The number of hydrogen-bond acceptors (Lipinski definition) is 5. The van der Waals surface area contributed by atoms with E-state index in [0.29, 0.717) is 12.5 Å². The van der Waals surface area contributed by atoms with Gasteiger partial charge in [0.15, 0.2) is 0 Å². The van der Waals surface area contributed by atoms with Crippen LogP contribution in [0.25, 0.3) is 0 Å². The molecule has 1 unspecified atom stereocenters. The molecule has 0 saturated carbocycles. The van der Waals surface area contributed by atoms with Crippen LogP contribution in [0.1, 0.15) is 18.4 Å². The first-order chi connectivity index (χ1) is 12.1. The lowest BCUT2D eigenvalue weighted by Crippen LogP contribution is -2.37. The highest BCUT2D eigenvalue weighted by Gasteiger charge is 2.21. The summed E-state index contributed by atoms with van der Waals surface area (Å²) in [7, 11) is 1.95. The second kappa shape index (κ2) is 8.10. The zero-order valence-electron chi connectivity index (χ0n) is 14.2. The first kappa shape index (κ1) is 18.1. The predicted octanol–water partition coefficient (Wildman–Crippen LogP) is 3.22. The Morgan fingerprint density at radius 3 is 2.96 bits per heavy atom. The maximum absolute atomic E-state index is 13.2. The normalized spacial score (nSPS) is 17.6. The van der Waals surface area contributed by atoms with E-state index in [4.69, 9.17) is 0 Å². The number of hydrogen-bond donors (Lipinski definition) is 1. The third-order valence-corrected chi connectivity index (χ3v) is 5.29. The molecule has 134 valence electrons. The Labute approximate surface area is 155 Å². The number of aliphatic hydroxyl groups is 1. The first-order valence-electron chi connectivity index (χ1n) is 8.39. The Balaban J connectivity index is 1.74. The molecule has 1 N–H and O–H groups in total. The molecule has 1 aromatic carbocycles. The molecule has 25 heavy (non-hydrogen) atoms. The summed E-state index contributed by atoms with van der Waals surface area (Å²) in [4.78, 5) is 13.0. The molecule has 0 spiro atoms. The van der Waals surface area contributed by atoms with Crippen LogP contribution < -0.4 is 9.80 Å². The van der Waals surface area contributed by atoms with Gasteiger partial charge in [0.1, 0.15) is 23.8 Å². The molecule has 3 rings (SSSR count). The van der Waals surface area contributed by atoms with E-state index < -0.39 is 0 Å². The zero-order chi connectivity index (χ0) is 17.8. The van der Waals surface area contributed by atoms with Crippen molar-refractivity contribution in [3.05, 3.63) is 46.4 Å². The lowest BCUT2D eigenvalue weighted by Gasteiger charge is -2.33. The minimum Gasteiger partial charge on any atom is -0.396 e. The van der Waals surface area contributed by atoms with Crippen molar-refractivity contribution in [2.24, 2.45) is 5.92 Å². The summed E-state index contributed by atoms with van der Waals surface area (Å²) in [5.41, 5.74) is 0.988. The standard InChI is InChI=1S/C18H22BrFN4O/c1-23(10-14-4-5-15(20)7-16(14)19)17-8-18(22-12-21-17)24-6-2-3-13(9-24)11-25/h4-5,7-8,12-13,25H,2-3,6,9-11H2,1H3. The monoisotopic (exact) mass is 408 g/mol. The van der Waals surface area contributed by atoms with Gasteiger partial charge in [0.2, 0.25) is 0 Å². The van der Waals surface area contributed by atoms with Gasteiger partial charge in [-0.05, 0) is 36.5 Å². The smallest absolute Gasteiger partial charge is 0.134 e. The summed E-state index contributed by atoms with van der Waals surface area (Å²) >= 11 is 3.41. The topological polar surface area (TPSA) is 52.5 Å². The van der Waals surface area contributed by atoms with Gasteiger partial charge in [-0.25, -0.2) is 14.4 Å². The fourth-order valence-corrected chi connectivity index (χ4v) is 3.60. The van der Waals surface area contributed by atoms with Gasteiger partial charge in [-0.2, -0.15) is 0 Å². The largest absolute Gasteiger partial charge is 0.396 e. The van der Waals surface area contributed by atoms with E-state index in [-0.39, 0.29) is 12.4 Å². The Morgan fingerprint density at radius 1 is 1.36 bits per heavy atom. The lowest BCUT2D eigenvalue weighted by atomic mass is 9.99. The van der Waals surface area contributed by atoms with E-state index in [1.807, 2.05) is 18.0 Å². The number of nitrogens with zero attached hydrogens (tertiary/aromatic N) is 4. The molecule has 2 aromatic rings. The maximum Gasteiger partial charge on any atom is 0.134 e. The van der Waals surface area contributed by atoms with Crippen molar-refractivity contribution in [3.63, 3.8) is 0 Å². The van der Waals surface area contributed by atoms with Crippen LogP contribution in [-0.4, -0.2) is 41.8 Å². The van der Waals surface area contributed by atoms with Crippen LogP contribution in [0.3, 0.4) is 0 Å². The maximum atomic E-state index is 13.2. The van der Waals surface area contributed by atoms with Gasteiger partial charge in [0, 0.05) is 43.8 Å². The zero-order valence-corrected chi connectivity index (χ0v) is 15.8. The molecule has 0 radical (unpaired) electrons. The van der Waals surface area contributed by atoms with E-state index in [1.165, 1.54) is 12.1 Å². The molecule has 1 saturated heterocycles. The van der Waals surface area contributed by atoms with Crippen molar-refractivity contribution >= 4 is 27.6 Å². The third kappa shape index (κ3) is 4.46. The number of aromatic nitrogens is 2. The molecule has 1 fully saturated rings. The average Bonchev–Trinajstić information content (AvgIpc) is 2.64. The van der Waals surface area contributed by atoms with Gasteiger partial charge >= 0.3 is 0 Å². The van der Waals surface area contributed by atoms with E-state index >= 15 is 0 Å². The minimum absolute atomic E-state index is 0.215. The first-order valence-corrected chi connectivity index (χ1v) is 9.19. The Hall–Kier alpha value is -1.73. The van der Waals surface area contributed by atoms with E-state index in [2.05, 4.69) is 30.8 Å². The molecule has 0 amide bonds. The molecule has 1 aliphatic heterocycles. The van der Waals surface area contributed by atoms with Crippen LogP contribution in [-0.2, 0) is 6.54 Å². The van der Waals surface area contributed by atoms with Gasteiger partial charge in [0.25, 0.3) is 0 Å². The molecular weight excluding hydrogens is 387 g/mol. The summed E-state index contributed by atoms with van der Waals surface area (Å²) in [5.74, 6) is 1.74. The van der Waals surface area contributed by atoms with Gasteiger partial charge in [-0.15, -0.1) is 0 Å². The molecule has 1 atom stereocenters. The van der Waals surface area contributed by atoms with E-state index in [1.54, 1.807) is 12.4 Å². The highest BCUT2D eigenvalue weighted by molar-refractivity contribution is 9.10. The van der Waals surface area contributed by atoms with Gasteiger partial charge in [-0.1, -0.05) is 22.0 Å². The van der Waals surface area contributed by atoms with Gasteiger partial charge in [0.05, 0.1) is 0 Å². The number of rotatable bonds is 5. The average molecular weight is 409 g/mol. The Kier molecular flexibility index (Phi) is 5.86. The molecule has 0 bridgehead atoms. The number of piperidine rings is 1. The van der Waals surface area contributed by atoms with Crippen molar-refractivity contribution in [1.29, 1.82) is 0 Å². The summed E-state index contributed by atoms with van der Waals surface area (Å²) in [6, 6.07) is 6.67. The Bertz CT molecular complexity index is 730. The molecule has 5 nitrogen and oxygen atoms in total. The fourth-order valence-electron chi connectivity index (χ4n) is 3.13. The van der Waals surface area contributed by atoms with Crippen molar-refractivity contribution in [1.82, 2.24) is 9.97 Å². The molecule has 2 heterocycles. The second-order valence-corrected chi connectivity index (χ2v) is 7.32.